The number of anilines is 1. The van der Waals surface area contributed by atoms with Crippen LogP contribution in [0.2, 0.25) is 5.02 Å². The van der Waals surface area contributed by atoms with E-state index in [1.807, 2.05) is 23.6 Å². The van der Waals surface area contributed by atoms with Gasteiger partial charge in [-0.3, -0.25) is 4.79 Å². The predicted octanol–water partition coefficient (Wildman–Crippen LogP) is 5.29. The van der Waals surface area contributed by atoms with E-state index in [9.17, 15) is 4.79 Å². The third kappa shape index (κ3) is 3.34. The number of hydrogen-bond acceptors (Lipinski definition) is 6. The normalized spacial score (nSPS) is 11.4. The van der Waals surface area contributed by atoms with Crippen LogP contribution in [0.25, 0.3) is 10.2 Å². The minimum Gasteiger partial charge on any atom is -0.463 e. The number of aromatic nitrogens is 1. The molecule has 0 saturated carbocycles. The summed E-state index contributed by atoms with van der Waals surface area (Å²) in [5.41, 5.74) is 0.765. The van der Waals surface area contributed by atoms with Gasteiger partial charge in [0, 0.05) is 5.02 Å². The minimum absolute atomic E-state index is 0.247. The Labute approximate surface area is 155 Å². The second-order valence-electron chi connectivity index (χ2n) is 4.96. The molecule has 0 fully saturated rings. The molecule has 25 heavy (non-hydrogen) atoms. The van der Waals surface area contributed by atoms with E-state index in [4.69, 9.17) is 16.0 Å². The van der Waals surface area contributed by atoms with Crippen LogP contribution in [-0.2, 0) is 0 Å². The molecule has 1 aromatic carbocycles. The number of rotatable bonds is 4. The van der Waals surface area contributed by atoms with Gasteiger partial charge < -0.3 is 4.42 Å². The lowest BCUT2D eigenvalue weighted by Gasteiger charge is -2.12. The number of carbonyl (C=O) groups excluding carboxylic acids is 1. The van der Waals surface area contributed by atoms with Gasteiger partial charge in [-0.25, -0.2) is 4.98 Å². The summed E-state index contributed by atoms with van der Waals surface area (Å²) in [6.07, 6.45) is 3.04. The summed E-state index contributed by atoms with van der Waals surface area (Å²) in [5, 5.41) is 8.52. The first-order valence-electron chi connectivity index (χ1n) is 7.22. The number of nitrogens with zero attached hydrogens (tertiary/aromatic N) is 3. The Hall–Kier alpha value is -2.48. The van der Waals surface area contributed by atoms with Gasteiger partial charge in [0.15, 0.2) is 0 Å². The molecule has 0 aliphatic carbocycles. The molecule has 8 heteroatoms. The van der Waals surface area contributed by atoms with Gasteiger partial charge in [-0.1, -0.05) is 29.0 Å². The molecule has 3 heterocycles. The number of thiophene rings is 1. The van der Waals surface area contributed by atoms with Gasteiger partial charge in [0.2, 0.25) is 5.13 Å². The first-order chi connectivity index (χ1) is 12.2. The highest BCUT2D eigenvalue weighted by Crippen LogP contribution is 2.32. The van der Waals surface area contributed by atoms with Crippen molar-refractivity contribution in [3.05, 3.63) is 69.8 Å². The Balaban J connectivity index is 1.76. The maximum absolute atomic E-state index is 12.8. The fourth-order valence-corrected chi connectivity index (χ4v) is 4.00. The molecule has 4 aromatic rings. The topological polar surface area (TPSA) is 58.7 Å². The molecule has 4 rings (SSSR count). The van der Waals surface area contributed by atoms with Gasteiger partial charge in [-0.15, -0.1) is 11.3 Å². The molecule has 0 saturated heterocycles. The molecule has 0 bridgehead atoms. The molecular weight excluding hydrogens is 378 g/mol. The Kier molecular flexibility index (Phi) is 4.35. The zero-order chi connectivity index (χ0) is 17.2. The van der Waals surface area contributed by atoms with Crippen LogP contribution in [0.15, 0.2) is 63.6 Å². The van der Waals surface area contributed by atoms with Crippen molar-refractivity contribution in [1.29, 1.82) is 0 Å². The molecule has 0 atom stereocenters. The molecule has 0 spiro atoms. The number of fused-ring (bicyclic) bond motifs is 1. The van der Waals surface area contributed by atoms with Crippen LogP contribution in [0.5, 0.6) is 0 Å². The Morgan fingerprint density at radius 2 is 2.20 bits per heavy atom. The summed E-state index contributed by atoms with van der Waals surface area (Å²) >= 11 is 8.74. The number of hydrazone groups is 1. The first kappa shape index (κ1) is 16.0. The number of benzene rings is 1. The largest absolute Gasteiger partial charge is 0.463 e. The van der Waals surface area contributed by atoms with Crippen LogP contribution in [0, 0.1) is 0 Å². The molecule has 124 valence electrons. The maximum atomic E-state index is 12.8. The molecule has 0 aliphatic heterocycles. The number of halogens is 1. The third-order valence-electron chi connectivity index (χ3n) is 3.29. The lowest BCUT2D eigenvalue weighted by atomic mass is 10.3. The second-order valence-corrected chi connectivity index (χ2v) is 7.36. The van der Waals surface area contributed by atoms with Crippen molar-refractivity contribution in [2.45, 2.75) is 0 Å². The maximum Gasteiger partial charge on any atom is 0.290 e. The number of amides is 1. The lowest BCUT2D eigenvalue weighted by molar-refractivity contribution is 0.0991. The van der Waals surface area contributed by atoms with Crippen molar-refractivity contribution in [3.8, 4) is 0 Å². The predicted molar refractivity (Wildman–Crippen MR) is 102 cm³/mol. The van der Waals surface area contributed by atoms with E-state index in [0.29, 0.717) is 20.8 Å². The lowest BCUT2D eigenvalue weighted by Crippen LogP contribution is -2.24. The first-order valence-corrected chi connectivity index (χ1v) is 9.30. The van der Waals surface area contributed by atoms with E-state index in [0.717, 1.165) is 10.2 Å². The molecule has 0 aliphatic rings. The average molecular weight is 388 g/mol. The highest BCUT2D eigenvalue weighted by Gasteiger charge is 2.21. The van der Waals surface area contributed by atoms with Crippen molar-refractivity contribution in [2.24, 2.45) is 5.10 Å². The number of hydrogen-bond donors (Lipinski definition) is 0. The summed E-state index contributed by atoms with van der Waals surface area (Å²) in [7, 11) is 0. The van der Waals surface area contributed by atoms with Gasteiger partial charge in [0.05, 0.1) is 27.6 Å². The summed E-state index contributed by atoms with van der Waals surface area (Å²) in [4.78, 5) is 17.9. The van der Waals surface area contributed by atoms with Crippen LogP contribution < -0.4 is 5.01 Å². The van der Waals surface area contributed by atoms with Gasteiger partial charge in [0.25, 0.3) is 5.91 Å². The van der Waals surface area contributed by atoms with Gasteiger partial charge in [-0.2, -0.15) is 10.1 Å². The fraction of sp³-hybridized carbons (Fsp3) is 0. The van der Waals surface area contributed by atoms with Gasteiger partial charge in [-0.05, 0) is 41.8 Å². The highest BCUT2D eigenvalue weighted by atomic mass is 35.5. The summed E-state index contributed by atoms with van der Waals surface area (Å²) in [5.74, 6) is 0.302. The zero-order valence-electron chi connectivity index (χ0n) is 12.6. The monoisotopic (exact) mass is 387 g/mol. The van der Waals surface area contributed by atoms with E-state index in [1.165, 1.54) is 33.9 Å². The van der Waals surface area contributed by atoms with Crippen LogP contribution in [0.4, 0.5) is 5.13 Å². The average Bonchev–Trinajstić information content (AvgIpc) is 3.36. The molecule has 0 radical (unpaired) electrons. The summed E-state index contributed by atoms with van der Waals surface area (Å²) in [6, 6.07) is 12.5. The quantitative estimate of drug-likeness (QED) is 0.353. The van der Waals surface area contributed by atoms with E-state index < -0.39 is 0 Å². The molecular formula is C17H10ClN3O2S2. The number of thiazole rings is 1. The van der Waals surface area contributed by atoms with Gasteiger partial charge in [0.1, 0.15) is 5.76 Å². The van der Waals surface area contributed by atoms with Gasteiger partial charge >= 0.3 is 0 Å². The van der Waals surface area contributed by atoms with Crippen LogP contribution >= 0.6 is 34.3 Å². The van der Waals surface area contributed by atoms with Crippen LogP contribution in [0.3, 0.4) is 0 Å². The third-order valence-corrected chi connectivity index (χ3v) is 5.37. The number of furan rings is 1. The summed E-state index contributed by atoms with van der Waals surface area (Å²) < 4.78 is 6.13. The van der Waals surface area contributed by atoms with Crippen LogP contribution in [-0.4, -0.2) is 17.1 Å². The Bertz CT molecular complexity index is 1040. The molecule has 5 nitrogen and oxygen atoms in total. The smallest absolute Gasteiger partial charge is 0.290 e. The number of carbonyl (C=O) groups is 1. The molecule has 1 amide bonds. The molecule has 3 aromatic heterocycles. The van der Waals surface area contributed by atoms with Crippen molar-refractivity contribution in [3.63, 3.8) is 0 Å². The van der Waals surface area contributed by atoms with Crippen molar-refractivity contribution in [2.75, 3.05) is 5.01 Å². The van der Waals surface area contributed by atoms with E-state index in [2.05, 4.69) is 10.1 Å². The zero-order valence-corrected chi connectivity index (χ0v) is 15.0. The fourth-order valence-electron chi connectivity index (χ4n) is 2.15. The van der Waals surface area contributed by atoms with Crippen molar-refractivity contribution < 1.29 is 9.21 Å². The SMILES string of the molecule is O=C(c1cccs1)N(/N=C\c1ccco1)c1nc2ccc(Cl)cc2s1. The van der Waals surface area contributed by atoms with E-state index in [1.54, 1.807) is 30.5 Å². The van der Waals surface area contributed by atoms with E-state index >= 15 is 0 Å². The minimum atomic E-state index is -0.247. The second kappa shape index (κ2) is 6.79. The van der Waals surface area contributed by atoms with E-state index in [-0.39, 0.29) is 5.91 Å². The Morgan fingerprint density at radius 1 is 1.28 bits per heavy atom. The summed E-state index contributed by atoms with van der Waals surface area (Å²) in [6.45, 7) is 0. The highest BCUT2D eigenvalue weighted by molar-refractivity contribution is 7.22. The standard InChI is InChI=1S/C17H10ClN3O2S2/c18-11-5-6-13-15(9-11)25-17(20-13)21(16(22)14-4-2-8-24-14)19-10-12-3-1-7-23-12/h1-10H/b19-10-. The molecule has 0 unspecified atom stereocenters. The van der Waals surface area contributed by atoms with Crippen LogP contribution in [0.1, 0.15) is 15.4 Å². The molecule has 0 N–H and O–H groups in total. The Morgan fingerprint density at radius 3 is 2.96 bits per heavy atom. The van der Waals surface area contributed by atoms with Crippen molar-refractivity contribution >= 4 is 61.7 Å². The van der Waals surface area contributed by atoms with Crippen molar-refractivity contribution in [1.82, 2.24) is 4.98 Å².